The van der Waals surface area contributed by atoms with Crippen LogP contribution in [0.2, 0.25) is 0 Å². The lowest BCUT2D eigenvalue weighted by molar-refractivity contribution is -0.168. The first-order valence-electron chi connectivity index (χ1n) is 11.6. The summed E-state index contributed by atoms with van der Waals surface area (Å²) >= 11 is 0. The molecule has 3 aliphatic rings. The van der Waals surface area contributed by atoms with Gasteiger partial charge in [0.25, 0.3) is 11.8 Å². The molecule has 2 saturated heterocycles. The highest BCUT2D eigenvalue weighted by Crippen LogP contribution is 2.37. The number of rotatable bonds is 6. The van der Waals surface area contributed by atoms with Crippen LogP contribution in [0.5, 0.6) is 5.75 Å². The molecule has 3 aliphatic heterocycles. The van der Waals surface area contributed by atoms with Crippen molar-refractivity contribution in [1.29, 1.82) is 0 Å². The van der Waals surface area contributed by atoms with E-state index in [9.17, 15) is 23.9 Å². The number of morpholine rings is 1. The molecule has 3 heterocycles. The van der Waals surface area contributed by atoms with Crippen molar-refractivity contribution in [3.05, 3.63) is 64.5 Å². The number of halogens is 1. The normalized spacial score (nSPS) is 22.8. The molecule has 1 atom stereocenters. The molecule has 0 radical (unpaired) electrons. The van der Waals surface area contributed by atoms with Crippen molar-refractivity contribution in [1.82, 2.24) is 15.1 Å². The Hall–Kier alpha value is -3.34. The van der Waals surface area contributed by atoms with E-state index in [1.54, 1.807) is 30.3 Å². The van der Waals surface area contributed by atoms with Crippen LogP contribution in [0.15, 0.2) is 36.4 Å². The minimum absolute atomic E-state index is 0.0489. The van der Waals surface area contributed by atoms with Crippen LogP contribution >= 0.6 is 0 Å². The molecule has 35 heavy (non-hydrogen) atoms. The van der Waals surface area contributed by atoms with E-state index in [-0.39, 0.29) is 31.8 Å². The van der Waals surface area contributed by atoms with Crippen LogP contribution < -0.4 is 10.1 Å². The van der Waals surface area contributed by atoms with E-state index in [0.717, 1.165) is 23.6 Å². The number of imide groups is 1. The second-order valence-electron chi connectivity index (χ2n) is 8.97. The van der Waals surface area contributed by atoms with E-state index in [2.05, 4.69) is 10.2 Å². The zero-order chi connectivity index (χ0) is 24.6. The summed E-state index contributed by atoms with van der Waals surface area (Å²) in [5.74, 6) is -1.97. The van der Waals surface area contributed by atoms with E-state index < -0.39 is 23.4 Å². The van der Waals surface area contributed by atoms with Gasteiger partial charge in [-0.05, 0) is 29.8 Å². The van der Waals surface area contributed by atoms with Crippen molar-refractivity contribution >= 4 is 17.7 Å². The van der Waals surface area contributed by atoms with Crippen LogP contribution in [-0.2, 0) is 34.0 Å². The van der Waals surface area contributed by atoms with Gasteiger partial charge in [0, 0.05) is 49.2 Å². The van der Waals surface area contributed by atoms with E-state index in [1.807, 2.05) is 0 Å². The third-order valence-electron chi connectivity index (χ3n) is 6.69. The van der Waals surface area contributed by atoms with Gasteiger partial charge in [0.05, 0.1) is 19.8 Å². The number of carbonyl (C=O) groups excluding carboxylic acids is 3. The van der Waals surface area contributed by atoms with Gasteiger partial charge in [-0.2, -0.15) is 0 Å². The highest BCUT2D eigenvalue weighted by molar-refractivity contribution is 6.06. The molecule has 3 amide bonds. The molecule has 0 aromatic heterocycles. The first-order valence-corrected chi connectivity index (χ1v) is 11.6. The summed E-state index contributed by atoms with van der Waals surface area (Å²) < 4.78 is 25.8. The van der Waals surface area contributed by atoms with Gasteiger partial charge < -0.3 is 14.6 Å². The van der Waals surface area contributed by atoms with Crippen LogP contribution in [0.3, 0.4) is 0 Å². The minimum atomic E-state index is -2.12. The summed E-state index contributed by atoms with van der Waals surface area (Å²) in [6, 6.07) is 9.84. The number of nitrogens with zero attached hydrogens (tertiary/aromatic N) is 2. The molecule has 0 spiro atoms. The van der Waals surface area contributed by atoms with Gasteiger partial charge in [0.2, 0.25) is 11.6 Å². The van der Waals surface area contributed by atoms with Crippen molar-refractivity contribution in [2.75, 3.05) is 26.3 Å². The summed E-state index contributed by atoms with van der Waals surface area (Å²) in [5.41, 5.74) is 0.0222. The quantitative estimate of drug-likeness (QED) is 0.597. The molecular weight excluding hydrogens is 457 g/mol. The molecule has 0 aliphatic carbocycles. The molecule has 2 aromatic rings. The Kier molecular flexibility index (Phi) is 6.26. The zero-order valence-corrected chi connectivity index (χ0v) is 19.1. The maximum absolute atomic E-state index is 14.5. The lowest BCUT2D eigenvalue weighted by atomic mass is 10.00. The van der Waals surface area contributed by atoms with Gasteiger partial charge in [-0.1, -0.05) is 12.1 Å². The van der Waals surface area contributed by atoms with E-state index in [0.29, 0.717) is 42.2 Å². The molecule has 2 aromatic carbocycles. The number of hydrogen-bond donors (Lipinski definition) is 2. The Labute approximate surface area is 201 Å². The standard InChI is InChI=1S/C25H26FN3O6/c26-20-5-4-16(13-28-8-10-34-11-9-28)12-17(20)15-35-21-3-1-2-18-19(21)14-29(23(18)31)25(33)7-6-22(30)27-24(25)32/h1-5,12,33H,6-11,13-15H2,(H,27,30,32). The Morgan fingerprint density at radius 3 is 2.71 bits per heavy atom. The molecule has 2 N–H and O–H groups in total. The number of benzene rings is 2. The molecule has 0 saturated carbocycles. The first-order chi connectivity index (χ1) is 16.8. The number of amides is 3. The number of aliphatic hydroxyl groups is 1. The van der Waals surface area contributed by atoms with Crippen LogP contribution in [0, 0.1) is 5.82 Å². The van der Waals surface area contributed by atoms with Crippen molar-refractivity contribution in [2.24, 2.45) is 0 Å². The van der Waals surface area contributed by atoms with Crippen LogP contribution in [-0.4, -0.2) is 64.7 Å². The Bertz CT molecular complexity index is 1180. The van der Waals surface area contributed by atoms with Gasteiger partial charge in [0.15, 0.2) is 0 Å². The lowest BCUT2D eigenvalue weighted by Gasteiger charge is -2.37. The average molecular weight is 483 g/mol. The summed E-state index contributed by atoms with van der Waals surface area (Å²) in [7, 11) is 0. The number of fused-ring (bicyclic) bond motifs is 1. The molecule has 9 nitrogen and oxygen atoms in total. The number of hydrogen-bond acceptors (Lipinski definition) is 7. The average Bonchev–Trinajstić information content (AvgIpc) is 3.20. The van der Waals surface area contributed by atoms with E-state index >= 15 is 0 Å². The largest absolute Gasteiger partial charge is 0.488 e. The Morgan fingerprint density at radius 1 is 1.14 bits per heavy atom. The number of carbonyl (C=O) groups is 3. The van der Waals surface area contributed by atoms with Crippen molar-refractivity contribution in [2.45, 2.75) is 38.3 Å². The van der Waals surface area contributed by atoms with Crippen molar-refractivity contribution < 1.29 is 33.4 Å². The monoisotopic (exact) mass is 483 g/mol. The third kappa shape index (κ3) is 4.52. The fraction of sp³-hybridized carbons (Fsp3) is 0.400. The molecule has 10 heteroatoms. The zero-order valence-electron chi connectivity index (χ0n) is 19.1. The molecule has 1 unspecified atom stereocenters. The van der Waals surface area contributed by atoms with Gasteiger partial charge >= 0.3 is 0 Å². The smallest absolute Gasteiger partial charge is 0.279 e. The van der Waals surface area contributed by atoms with Crippen molar-refractivity contribution in [3.8, 4) is 5.75 Å². The fourth-order valence-electron chi connectivity index (χ4n) is 4.70. The second-order valence-corrected chi connectivity index (χ2v) is 8.97. The minimum Gasteiger partial charge on any atom is -0.488 e. The molecule has 0 bridgehead atoms. The number of ether oxygens (including phenoxy) is 2. The maximum Gasteiger partial charge on any atom is 0.279 e. The van der Waals surface area contributed by atoms with Crippen molar-refractivity contribution in [3.63, 3.8) is 0 Å². The summed E-state index contributed by atoms with van der Waals surface area (Å²) in [6.07, 6.45) is -0.263. The SMILES string of the molecule is O=C1CCC(O)(N2Cc3c(OCc4cc(CN5CCOCC5)ccc4F)cccc3C2=O)C(=O)N1. The topological polar surface area (TPSA) is 108 Å². The predicted molar refractivity (Wildman–Crippen MR) is 120 cm³/mol. The highest BCUT2D eigenvalue weighted by Gasteiger charge is 2.51. The number of nitrogens with one attached hydrogen (secondary N) is 1. The summed E-state index contributed by atoms with van der Waals surface area (Å²) in [5, 5.41) is 13.0. The number of piperidine rings is 1. The summed E-state index contributed by atoms with van der Waals surface area (Å²) in [4.78, 5) is 40.2. The fourth-order valence-corrected chi connectivity index (χ4v) is 4.70. The van der Waals surface area contributed by atoms with Crippen LogP contribution in [0.4, 0.5) is 4.39 Å². The third-order valence-corrected chi connectivity index (χ3v) is 6.69. The van der Waals surface area contributed by atoms with Crippen LogP contribution in [0.1, 0.15) is 39.9 Å². The van der Waals surface area contributed by atoms with E-state index in [1.165, 1.54) is 6.07 Å². The van der Waals surface area contributed by atoms with E-state index in [4.69, 9.17) is 9.47 Å². The predicted octanol–water partition coefficient (Wildman–Crippen LogP) is 1.32. The van der Waals surface area contributed by atoms with Crippen LogP contribution in [0.25, 0.3) is 0 Å². The second kappa shape index (κ2) is 9.37. The highest BCUT2D eigenvalue weighted by atomic mass is 19.1. The first kappa shape index (κ1) is 23.4. The lowest BCUT2D eigenvalue weighted by Crippen LogP contribution is -2.63. The maximum atomic E-state index is 14.5. The van der Waals surface area contributed by atoms with Gasteiger partial charge in [-0.15, -0.1) is 0 Å². The molecule has 2 fully saturated rings. The Balaban J connectivity index is 1.32. The molecule has 184 valence electrons. The summed E-state index contributed by atoms with van der Waals surface area (Å²) in [6.45, 7) is 3.57. The van der Waals surface area contributed by atoms with Gasteiger partial charge in [-0.3, -0.25) is 29.5 Å². The Morgan fingerprint density at radius 2 is 1.94 bits per heavy atom. The van der Waals surface area contributed by atoms with Gasteiger partial charge in [-0.25, -0.2) is 4.39 Å². The molecule has 5 rings (SSSR count). The van der Waals surface area contributed by atoms with Gasteiger partial charge in [0.1, 0.15) is 18.2 Å². The molecular formula is C25H26FN3O6.